The molecule has 5 nitrogen and oxygen atoms in total. The zero-order valence-electron chi connectivity index (χ0n) is 17.0. The van der Waals surface area contributed by atoms with Crippen LogP contribution in [-0.4, -0.2) is 27.8 Å². The van der Waals surface area contributed by atoms with Crippen LogP contribution in [0, 0.1) is 0 Å². The molecule has 0 saturated heterocycles. The number of carbonyl (C=O) groups excluding carboxylic acids is 1. The number of rotatable bonds is 5. The van der Waals surface area contributed by atoms with Crippen LogP contribution in [0.1, 0.15) is 6.92 Å². The van der Waals surface area contributed by atoms with Crippen molar-refractivity contribution in [1.82, 2.24) is 9.55 Å². The highest BCUT2D eigenvalue weighted by atomic mass is 35.5. The molecule has 0 N–H and O–H groups in total. The number of amides is 1. The maximum absolute atomic E-state index is 13.3. The van der Waals surface area contributed by atoms with E-state index < -0.39 is 5.25 Å². The zero-order valence-corrected chi connectivity index (χ0v) is 18.6. The van der Waals surface area contributed by atoms with Crippen molar-refractivity contribution in [2.24, 2.45) is 0 Å². The molecule has 4 aromatic rings. The number of aromatic nitrogens is 2. The van der Waals surface area contributed by atoms with Gasteiger partial charge in [-0.3, -0.25) is 14.2 Å². The number of anilines is 1. The first-order chi connectivity index (χ1) is 15.0. The lowest BCUT2D eigenvalue weighted by Crippen LogP contribution is -2.33. The summed E-state index contributed by atoms with van der Waals surface area (Å²) < 4.78 is 1.55. The fraction of sp³-hybridized carbons (Fsp3) is 0.125. The molecule has 4 rings (SSSR count). The van der Waals surface area contributed by atoms with Crippen molar-refractivity contribution in [2.75, 3.05) is 11.9 Å². The number of benzene rings is 3. The lowest BCUT2D eigenvalue weighted by atomic mass is 10.2. The van der Waals surface area contributed by atoms with Crippen molar-refractivity contribution in [1.29, 1.82) is 0 Å². The molecular weight excluding hydrogens is 430 g/mol. The van der Waals surface area contributed by atoms with Crippen LogP contribution in [0.3, 0.4) is 0 Å². The minimum Gasteiger partial charge on any atom is -0.315 e. The lowest BCUT2D eigenvalue weighted by molar-refractivity contribution is -0.117. The van der Waals surface area contributed by atoms with Crippen LogP contribution in [0.2, 0.25) is 5.02 Å². The fourth-order valence-corrected chi connectivity index (χ4v) is 4.47. The van der Waals surface area contributed by atoms with Crippen molar-refractivity contribution >= 4 is 45.9 Å². The Kier molecular flexibility index (Phi) is 6.11. The molecule has 156 valence electrons. The normalized spacial score (nSPS) is 12.0. The van der Waals surface area contributed by atoms with Gasteiger partial charge in [-0.25, -0.2) is 4.98 Å². The van der Waals surface area contributed by atoms with Crippen molar-refractivity contribution in [2.45, 2.75) is 17.3 Å². The van der Waals surface area contributed by atoms with Gasteiger partial charge in [-0.05, 0) is 49.4 Å². The SMILES string of the molecule is C[C@H](Sc1nc2cc(Cl)ccc2c(=O)n1-c1ccccc1)C(=O)N(C)c1ccccc1. The summed E-state index contributed by atoms with van der Waals surface area (Å²) in [5.74, 6) is -0.0868. The summed E-state index contributed by atoms with van der Waals surface area (Å²) in [6.07, 6.45) is 0. The number of para-hydroxylation sites is 2. The quantitative estimate of drug-likeness (QED) is 0.311. The summed E-state index contributed by atoms with van der Waals surface area (Å²) in [5, 5.41) is 0.940. The second-order valence-corrected chi connectivity index (χ2v) is 8.77. The first kappa shape index (κ1) is 21.2. The number of nitrogens with zero attached hydrogens (tertiary/aromatic N) is 3. The van der Waals surface area contributed by atoms with Crippen molar-refractivity contribution in [3.05, 3.63) is 94.2 Å². The van der Waals surface area contributed by atoms with Crippen molar-refractivity contribution in [3.8, 4) is 5.69 Å². The van der Waals surface area contributed by atoms with Gasteiger partial charge in [0.25, 0.3) is 5.56 Å². The number of carbonyl (C=O) groups is 1. The van der Waals surface area contributed by atoms with Gasteiger partial charge in [0.1, 0.15) is 0 Å². The van der Waals surface area contributed by atoms with E-state index in [2.05, 4.69) is 0 Å². The second-order valence-electron chi connectivity index (χ2n) is 7.02. The molecule has 0 fully saturated rings. The van der Waals surface area contributed by atoms with E-state index in [9.17, 15) is 9.59 Å². The van der Waals surface area contributed by atoms with Crippen LogP contribution in [0.25, 0.3) is 16.6 Å². The van der Waals surface area contributed by atoms with Crippen LogP contribution in [0.5, 0.6) is 0 Å². The third kappa shape index (κ3) is 4.36. The van der Waals surface area contributed by atoms with E-state index in [1.54, 1.807) is 34.7 Å². The maximum Gasteiger partial charge on any atom is 0.266 e. The molecule has 1 amide bonds. The Morgan fingerprint density at radius 1 is 1.03 bits per heavy atom. The van der Waals surface area contributed by atoms with Crippen LogP contribution in [0.4, 0.5) is 5.69 Å². The summed E-state index contributed by atoms with van der Waals surface area (Å²) in [5.41, 5.74) is 1.80. The average Bonchev–Trinajstić information content (AvgIpc) is 2.79. The highest BCUT2D eigenvalue weighted by Crippen LogP contribution is 2.27. The minimum atomic E-state index is -0.469. The first-order valence-electron chi connectivity index (χ1n) is 9.72. The van der Waals surface area contributed by atoms with E-state index in [1.807, 2.05) is 67.6 Å². The molecule has 31 heavy (non-hydrogen) atoms. The average molecular weight is 450 g/mol. The van der Waals surface area contributed by atoms with Crippen LogP contribution < -0.4 is 10.5 Å². The smallest absolute Gasteiger partial charge is 0.266 e. The molecule has 0 radical (unpaired) electrons. The Bertz CT molecular complexity index is 1290. The number of hydrogen-bond acceptors (Lipinski definition) is 4. The van der Waals surface area contributed by atoms with Gasteiger partial charge < -0.3 is 4.90 Å². The van der Waals surface area contributed by atoms with Gasteiger partial charge in [-0.1, -0.05) is 59.8 Å². The van der Waals surface area contributed by atoms with Crippen LogP contribution in [-0.2, 0) is 4.79 Å². The number of halogens is 1. The molecule has 0 spiro atoms. The minimum absolute atomic E-state index is 0.0868. The van der Waals surface area contributed by atoms with E-state index in [0.717, 1.165) is 5.69 Å². The highest BCUT2D eigenvalue weighted by Gasteiger charge is 2.23. The van der Waals surface area contributed by atoms with Crippen molar-refractivity contribution in [3.63, 3.8) is 0 Å². The van der Waals surface area contributed by atoms with E-state index in [-0.39, 0.29) is 11.5 Å². The Balaban J connectivity index is 1.77. The molecule has 0 aliphatic heterocycles. The van der Waals surface area contributed by atoms with Crippen molar-refractivity contribution < 1.29 is 4.79 Å². The van der Waals surface area contributed by atoms with Crippen LogP contribution in [0.15, 0.2) is 88.8 Å². The summed E-state index contributed by atoms with van der Waals surface area (Å²) in [7, 11) is 1.74. The molecule has 0 aliphatic carbocycles. The van der Waals surface area contributed by atoms with Gasteiger partial charge in [-0.15, -0.1) is 0 Å². The third-order valence-corrected chi connectivity index (χ3v) is 6.19. The Morgan fingerprint density at radius 2 is 1.68 bits per heavy atom. The van der Waals surface area contributed by atoms with Gasteiger partial charge in [-0.2, -0.15) is 0 Å². The highest BCUT2D eigenvalue weighted by molar-refractivity contribution is 8.00. The van der Waals surface area contributed by atoms with Gasteiger partial charge >= 0.3 is 0 Å². The Morgan fingerprint density at radius 3 is 2.35 bits per heavy atom. The van der Waals surface area contributed by atoms with E-state index in [4.69, 9.17) is 16.6 Å². The summed E-state index contributed by atoms with van der Waals surface area (Å²) in [6.45, 7) is 1.82. The molecule has 1 aromatic heterocycles. The zero-order chi connectivity index (χ0) is 22.0. The van der Waals surface area contributed by atoms with E-state index in [1.165, 1.54) is 11.8 Å². The molecule has 7 heteroatoms. The Labute approximate surface area is 189 Å². The predicted octanol–water partition coefficient (Wildman–Crippen LogP) is 5.18. The third-order valence-electron chi connectivity index (χ3n) is 4.92. The lowest BCUT2D eigenvalue weighted by Gasteiger charge is -2.22. The van der Waals surface area contributed by atoms with Crippen LogP contribution >= 0.6 is 23.4 Å². The standard InChI is InChI=1S/C24H20ClN3O2S/c1-16(22(29)27(2)18-9-5-3-6-10-18)31-24-26-21-15-17(25)13-14-20(21)23(30)28(24)19-11-7-4-8-12-19/h3-16H,1-2H3/t16-/m0/s1. The van der Waals surface area contributed by atoms with Gasteiger partial charge in [0.05, 0.1) is 21.8 Å². The molecular formula is C24H20ClN3O2S. The molecule has 0 saturated carbocycles. The van der Waals surface area contributed by atoms with Gasteiger partial charge in [0, 0.05) is 17.8 Å². The summed E-state index contributed by atoms with van der Waals surface area (Å²) in [4.78, 5) is 32.7. The summed E-state index contributed by atoms with van der Waals surface area (Å²) in [6, 6.07) is 23.8. The molecule has 0 aliphatic rings. The van der Waals surface area contributed by atoms with E-state index in [0.29, 0.717) is 26.8 Å². The maximum atomic E-state index is 13.3. The monoisotopic (exact) mass is 449 g/mol. The fourth-order valence-electron chi connectivity index (χ4n) is 3.28. The second kappa shape index (κ2) is 8.96. The number of fused-ring (bicyclic) bond motifs is 1. The molecule has 1 heterocycles. The topological polar surface area (TPSA) is 55.2 Å². The molecule has 0 bridgehead atoms. The number of hydrogen-bond donors (Lipinski definition) is 0. The predicted molar refractivity (Wildman–Crippen MR) is 128 cm³/mol. The Hall–Kier alpha value is -3.09. The largest absolute Gasteiger partial charge is 0.315 e. The summed E-state index contributed by atoms with van der Waals surface area (Å²) >= 11 is 7.38. The van der Waals surface area contributed by atoms with E-state index >= 15 is 0 Å². The molecule has 1 atom stereocenters. The van der Waals surface area contributed by atoms with Gasteiger partial charge in [0.15, 0.2) is 5.16 Å². The van der Waals surface area contributed by atoms with Gasteiger partial charge in [0.2, 0.25) is 5.91 Å². The molecule has 3 aromatic carbocycles. The first-order valence-corrected chi connectivity index (χ1v) is 11.0. The molecule has 0 unspecified atom stereocenters. The number of thioether (sulfide) groups is 1.